The van der Waals surface area contributed by atoms with Gasteiger partial charge in [0.05, 0.1) is 32.4 Å². The summed E-state index contributed by atoms with van der Waals surface area (Å²) in [6, 6.07) is 10.7. The number of carbonyl (C=O) groups is 5. The number of rotatable bonds is 17. The van der Waals surface area contributed by atoms with Crippen LogP contribution in [0.2, 0.25) is 0 Å². The summed E-state index contributed by atoms with van der Waals surface area (Å²) in [5.41, 5.74) is 5.83. The molecule has 14 heteroatoms. The lowest BCUT2D eigenvalue weighted by molar-refractivity contribution is -0.149. The van der Waals surface area contributed by atoms with Crippen LogP contribution in [-0.4, -0.2) is 90.7 Å². The molecule has 13 nitrogen and oxygen atoms in total. The van der Waals surface area contributed by atoms with Gasteiger partial charge in [-0.25, -0.2) is 9.59 Å². The lowest BCUT2D eigenvalue weighted by Gasteiger charge is -2.33. The summed E-state index contributed by atoms with van der Waals surface area (Å²) >= 11 is 0. The number of benzene rings is 2. The lowest BCUT2D eigenvalue weighted by Crippen LogP contribution is -2.63. The van der Waals surface area contributed by atoms with Crippen LogP contribution < -0.4 is 25.8 Å². The number of carboxylic acids is 1. The molecule has 1 fully saturated rings. The molecule has 264 valence electrons. The standard InChI is InChI=1S/C34H46N4O9.ClH/c1-5-34(2,37-29(39)24(35)14-9-10-19-47-32(43)23-12-7-6-8-13-23)33(44)36-25(30(40)38-18-11-15-26(38)31(41)42)20-22-16-17-27(45-3)28(21-22)46-4;/h6-8,12-13,16-17,21,24-26H,5,9-11,14-15,18-20,35H2,1-4H3,(H,36,44)(H,37,39)(H,41,42);1H/t24-,25-,26+,34-;/m0./s1. The molecule has 0 saturated carbocycles. The van der Waals surface area contributed by atoms with Gasteiger partial charge >= 0.3 is 11.9 Å². The number of amides is 3. The topological polar surface area (TPSA) is 187 Å². The van der Waals surface area contributed by atoms with Crippen molar-refractivity contribution in [3.63, 3.8) is 0 Å². The van der Waals surface area contributed by atoms with Gasteiger partial charge in [0.2, 0.25) is 17.7 Å². The maximum Gasteiger partial charge on any atom is 0.338 e. The van der Waals surface area contributed by atoms with Crippen LogP contribution in [0.4, 0.5) is 0 Å². The van der Waals surface area contributed by atoms with Crippen LogP contribution in [-0.2, 0) is 30.3 Å². The zero-order chi connectivity index (χ0) is 34.6. The second-order valence-corrected chi connectivity index (χ2v) is 11.7. The van der Waals surface area contributed by atoms with Crippen LogP contribution in [0.3, 0.4) is 0 Å². The number of carbonyl (C=O) groups excluding carboxylic acids is 4. The van der Waals surface area contributed by atoms with Crippen molar-refractivity contribution in [3.8, 4) is 11.5 Å². The summed E-state index contributed by atoms with van der Waals surface area (Å²) in [5.74, 6) is -2.31. The fourth-order valence-electron chi connectivity index (χ4n) is 5.34. The Morgan fingerprint density at radius 3 is 2.35 bits per heavy atom. The first-order chi connectivity index (χ1) is 22.4. The number of carboxylic acid groups (broad SMARTS) is 1. The van der Waals surface area contributed by atoms with E-state index < -0.39 is 53.3 Å². The maximum atomic E-state index is 13.8. The first kappa shape index (κ1) is 39.8. The first-order valence-corrected chi connectivity index (χ1v) is 15.8. The molecule has 0 aromatic heterocycles. The number of esters is 1. The minimum Gasteiger partial charge on any atom is -0.493 e. The van der Waals surface area contributed by atoms with Gasteiger partial charge in [-0.3, -0.25) is 14.4 Å². The van der Waals surface area contributed by atoms with Crippen LogP contribution in [0.25, 0.3) is 0 Å². The SMILES string of the molecule is CC[C@](C)(NC(=O)[C@@H](N)CCCCOC(=O)c1ccccc1)C(=O)N[C@@H](Cc1ccc(OC)c(OC)c1)C(=O)N1CCC[C@@H]1C(=O)O.Cl. The Balaban J connectivity index is 0.00000800. The van der Waals surface area contributed by atoms with Gasteiger partial charge in [0.1, 0.15) is 17.6 Å². The smallest absolute Gasteiger partial charge is 0.338 e. The molecular weight excluding hydrogens is 644 g/mol. The summed E-state index contributed by atoms with van der Waals surface area (Å²) in [5, 5.41) is 15.2. The zero-order valence-corrected chi connectivity index (χ0v) is 28.7. The number of halogens is 1. The van der Waals surface area contributed by atoms with Crippen molar-refractivity contribution >= 4 is 42.1 Å². The Kier molecular flexibility index (Phi) is 15.6. The van der Waals surface area contributed by atoms with Gasteiger partial charge in [-0.2, -0.15) is 0 Å². The number of methoxy groups -OCH3 is 2. The van der Waals surface area contributed by atoms with E-state index in [9.17, 15) is 29.1 Å². The van der Waals surface area contributed by atoms with Gasteiger partial charge in [-0.1, -0.05) is 31.2 Å². The highest BCUT2D eigenvalue weighted by molar-refractivity contribution is 5.96. The van der Waals surface area contributed by atoms with Gasteiger partial charge in [0.25, 0.3) is 0 Å². The van der Waals surface area contributed by atoms with Crippen molar-refractivity contribution in [1.82, 2.24) is 15.5 Å². The molecule has 0 radical (unpaired) electrons. The van der Waals surface area contributed by atoms with Crippen LogP contribution >= 0.6 is 12.4 Å². The Morgan fingerprint density at radius 1 is 1.04 bits per heavy atom. The molecule has 1 aliphatic rings. The molecule has 0 aliphatic carbocycles. The van der Waals surface area contributed by atoms with E-state index in [2.05, 4.69) is 10.6 Å². The van der Waals surface area contributed by atoms with Crippen molar-refractivity contribution in [3.05, 3.63) is 59.7 Å². The van der Waals surface area contributed by atoms with Crippen molar-refractivity contribution in [2.45, 2.75) is 82.5 Å². The summed E-state index contributed by atoms with van der Waals surface area (Å²) < 4.78 is 16.0. The molecule has 0 spiro atoms. The lowest BCUT2D eigenvalue weighted by atomic mass is 9.94. The van der Waals surface area contributed by atoms with Crippen molar-refractivity contribution in [2.75, 3.05) is 27.4 Å². The van der Waals surface area contributed by atoms with Crippen LogP contribution in [0, 0.1) is 0 Å². The highest BCUT2D eigenvalue weighted by Gasteiger charge is 2.41. The van der Waals surface area contributed by atoms with Crippen molar-refractivity contribution < 1.29 is 43.3 Å². The Morgan fingerprint density at radius 2 is 1.73 bits per heavy atom. The molecule has 3 amide bonds. The largest absolute Gasteiger partial charge is 0.493 e. The molecule has 3 rings (SSSR count). The number of nitrogens with one attached hydrogen (secondary N) is 2. The monoisotopic (exact) mass is 690 g/mol. The third kappa shape index (κ3) is 10.6. The molecule has 4 atom stereocenters. The van der Waals surface area contributed by atoms with E-state index in [0.29, 0.717) is 54.7 Å². The third-order valence-corrected chi connectivity index (χ3v) is 8.41. The molecule has 0 unspecified atom stereocenters. The third-order valence-electron chi connectivity index (χ3n) is 8.41. The number of nitrogens with two attached hydrogens (primary N) is 1. The Hall–Kier alpha value is -4.36. The average molecular weight is 691 g/mol. The fourth-order valence-corrected chi connectivity index (χ4v) is 5.34. The first-order valence-electron chi connectivity index (χ1n) is 15.8. The number of ether oxygens (including phenoxy) is 3. The van der Waals surface area contributed by atoms with Gasteiger partial charge in [-0.15, -0.1) is 12.4 Å². The number of aliphatic carboxylic acids is 1. The van der Waals surface area contributed by atoms with E-state index in [1.54, 1.807) is 62.4 Å². The minimum atomic E-state index is -1.42. The second-order valence-electron chi connectivity index (χ2n) is 11.7. The Labute approximate surface area is 287 Å². The number of nitrogens with zero attached hydrogens (tertiary/aromatic N) is 1. The molecule has 1 aliphatic heterocycles. The predicted molar refractivity (Wildman–Crippen MR) is 180 cm³/mol. The molecule has 48 heavy (non-hydrogen) atoms. The van der Waals surface area contributed by atoms with Crippen molar-refractivity contribution in [1.29, 1.82) is 0 Å². The van der Waals surface area contributed by atoms with Gasteiger partial charge in [0.15, 0.2) is 11.5 Å². The van der Waals surface area contributed by atoms with Crippen molar-refractivity contribution in [2.24, 2.45) is 5.73 Å². The average Bonchev–Trinajstić information content (AvgIpc) is 3.58. The predicted octanol–water partition coefficient (Wildman–Crippen LogP) is 2.87. The van der Waals surface area contributed by atoms with E-state index in [1.165, 1.54) is 19.1 Å². The zero-order valence-electron chi connectivity index (χ0n) is 27.9. The number of hydrogen-bond acceptors (Lipinski definition) is 9. The molecule has 0 bridgehead atoms. The Bertz CT molecular complexity index is 1410. The van der Waals surface area contributed by atoms with E-state index >= 15 is 0 Å². The maximum absolute atomic E-state index is 13.8. The summed E-state index contributed by atoms with van der Waals surface area (Å²) in [6.07, 6.45) is 2.36. The second kappa shape index (κ2) is 18.8. The molecule has 5 N–H and O–H groups in total. The van der Waals surface area contributed by atoms with Crippen LogP contribution in [0.1, 0.15) is 68.3 Å². The van der Waals surface area contributed by atoms with Crippen LogP contribution in [0.15, 0.2) is 48.5 Å². The highest BCUT2D eigenvalue weighted by Crippen LogP contribution is 2.29. The fraction of sp³-hybridized carbons (Fsp3) is 0.500. The van der Waals surface area contributed by atoms with Gasteiger partial charge in [0, 0.05) is 13.0 Å². The molecule has 1 heterocycles. The molecule has 2 aromatic carbocycles. The molecule has 2 aromatic rings. The summed E-state index contributed by atoms with van der Waals surface area (Å²) in [4.78, 5) is 65.8. The van der Waals surface area contributed by atoms with E-state index in [1.807, 2.05) is 0 Å². The van der Waals surface area contributed by atoms with E-state index in [0.717, 1.165) is 0 Å². The van der Waals surface area contributed by atoms with Gasteiger partial charge in [-0.05, 0) is 75.3 Å². The summed E-state index contributed by atoms with van der Waals surface area (Å²) in [7, 11) is 2.98. The van der Waals surface area contributed by atoms with Gasteiger partial charge < -0.3 is 40.6 Å². The normalized spacial score (nSPS) is 16.4. The highest BCUT2D eigenvalue weighted by atomic mass is 35.5. The number of unbranched alkanes of at least 4 members (excludes halogenated alkanes) is 1. The van der Waals surface area contributed by atoms with Crippen LogP contribution in [0.5, 0.6) is 11.5 Å². The quantitative estimate of drug-likeness (QED) is 0.142. The number of likely N-dealkylation sites (tertiary alicyclic amines) is 1. The molecular formula is C34H47ClN4O9. The molecule has 1 saturated heterocycles. The summed E-state index contributed by atoms with van der Waals surface area (Å²) in [6.45, 7) is 3.69. The number of hydrogen-bond donors (Lipinski definition) is 4. The minimum absolute atomic E-state index is 0. The van der Waals surface area contributed by atoms with E-state index in [4.69, 9.17) is 19.9 Å². The van der Waals surface area contributed by atoms with E-state index in [-0.39, 0.29) is 38.4 Å².